The first-order valence-corrected chi connectivity index (χ1v) is 10.1. The number of aromatic carboxylic acids is 1. The molecule has 4 rings (SSSR count). The van der Waals surface area contributed by atoms with E-state index in [0.717, 1.165) is 31.3 Å². The van der Waals surface area contributed by atoms with Crippen molar-refractivity contribution in [2.75, 3.05) is 24.5 Å². The van der Waals surface area contributed by atoms with Crippen LogP contribution in [0.1, 0.15) is 47.6 Å². The van der Waals surface area contributed by atoms with Crippen LogP contribution in [0.15, 0.2) is 27.7 Å². The van der Waals surface area contributed by atoms with Crippen molar-refractivity contribution in [1.29, 1.82) is 0 Å². The molecule has 0 unspecified atom stereocenters. The third-order valence-electron chi connectivity index (χ3n) is 5.84. The Bertz CT molecular complexity index is 1100. The van der Waals surface area contributed by atoms with Gasteiger partial charge >= 0.3 is 5.97 Å². The zero-order valence-electron chi connectivity index (χ0n) is 16.2. The number of nitrogens with two attached hydrogens (primary N) is 1. The van der Waals surface area contributed by atoms with Crippen molar-refractivity contribution in [2.24, 2.45) is 5.73 Å². The first-order valence-electron chi connectivity index (χ1n) is 9.76. The lowest BCUT2D eigenvalue weighted by molar-refractivity contribution is 0.0695. The Morgan fingerprint density at radius 3 is 2.76 bits per heavy atom. The van der Waals surface area contributed by atoms with Crippen LogP contribution < -0.4 is 16.1 Å². The van der Waals surface area contributed by atoms with Gasteiger partial charge in [-0.05, 0) is 44.2 Å². The highest BCUT2D eigenvalue weighted by atomic mass is 35.5. The summed E-state index contributed by atoms with van der Waals surface area (Å²) in [6.07, 6.45) is 4.88. The number of aryl methyl sites for hydroxylation is 1. The molecular weight excluding hydrogens is 397 g/mol. The summed E-state index contributed by atoms with van der Waals surface area (Å²) >= 11 is 6.24. The lowest BCUT2D eigenvalue weighted by Crippen LogP contribution is -2.33. The molecule has 1 saturated heterocycles. The number of carbonyl (C=O) groups is 1. The maximum Gasteiger partial charge on any atom is 0.341 e. The lowest BCUT2D eigenvalue weighted by atomic mass is 10.00. The van der Waals surface area contributed by atoms with E-state index in [2.05, 4.69) is 0 Å². The van der Waals surface area contributed by atoms with E-state index in [0.29, 0.717) is 29.3 Å². The fourth-order valence-electron chi connectivity index (χ4n) is 4.13. The molecule has 1 aromatic heterocycles. The Morgan fingerprint density at radius 1 is 1.41 bits per heavy atom. The normalized spacial score (nSPS) is 19.0. The summed E-state index contributed by atoms with van der Waals surface area (Å²) in [5.41, 5.74) is 6.87. The molecule has 6 nitrogen and oxygen atoms in total. The smallest absolute Gasteiger partial charge is 0.341 e. The molecule has 2 aliphatic rings. The van der Waals surface area contributed by atoms with Gasteiger partial charge in [-0.2, -0.15) is 0 Å². The van der Waals surface area contributed by atoms with Crippen LogP contribution in [0.5, 0.6) is 0 Å². The van der Waals surface area contributed by atoms with E-state index in [1.165, 1.54) is 6.20 Å². The standard InChI is InChI=1S/C21H23ClFN3O3/c1-11-18-16(26(13-4-5-13)10-14(20(18)27)21(28)29)7-17(19(11)23)25-6-2-3-12(9-25)15(22)8-24/h7,10,13H,2-6,8-9,24H2,1H3,(H,28,29)/b15-12+. The predicted molar refractivity (Wildman–Crippen MR) is 112 cm³/mol. The quantitative estimate of drug-likeness (QED) is 0.791. The van der Waals surface area contributed by atoms with Crippen molar-refractivity contribution in [3.05, 3.63) is 50.0 Å². The molecule has 0 radical (unpaired) electrons. The number of carboxylic acids is 1. The SMILES string of the molecule is Cc1c(F)c(N2CCC/C(=C(\Cl)CN)C2)cc2c1c(=O)c(C(=O)O)cn2C1CC1. The summed E-state index contributed by atoms with van der Waals surface area (Å²) in [6.45, 7) is 2.95. The summed E-state index contributed by atoms with van der Waals surface area (Å²) < 4.78 is 17.2. The van der Waals surface area contributed by atoms with Gasteiger partial charge in [0, 0.05) is 42.5 Å². The number of rotatable bonds is 4. The average Bonchev–Trinajstić information content (AvgIpc) is 3.55. The maximum absolute atomic E-state index is 15.4. The van der Waals surface area contributed by atoms with Gasteiger partial charge in [0.25, 0.3) is 0 Å². The van der Waals surface area contributed by atoms with Gasteiger partial charge in [0.2, 0.25) is 5.43 Å². The van der Waals surface area contributed by atoms with Crippen molar-refractivity contribution in [3.8, 4) is 0 Å². The molecule has 8 heteroatoms. The summed E-state index contributed by atoms with van der Waals surface area (Å²) in [5.74, 6) is -1.79. The minimum atomic E-state index is -1.29. The zero-order valence-corrected chi connectivity index (χ0v) is 16.9. The molecule has 1 aliphatic heterocycles. The number of pyridine rings is 1. The van der Waals surface area contributed by atoms with Crippen LogP contribution in [-0.4, -0.2) is 35.3 Å². The first kappa shape index (κ1) is 19.9. The maximum atomic E-state index is 15.4. The molecule has 1 saturated carbocycles. The Kier molecular flexibility index (Phi) is 5.12. The molecule has 29 heavy (non-hydrogen) atoms. The molecule has 0 amide bonds. The zero-order chi connectivity index (χ0) is 20.9. The monoisotopic (exact) mass is 419 g/mol. The fraction of sp³-hybridized carbons (Fsp3) is 0.429. The first-order chi connectivity index (χ1) is 13.8. The second-order valence-corrected chi connectivity index (χ2v) is 8.24. The minimum absolute atomic E-state index is 0.136. The van der Waals surface area contributed by atoms with Gasteiger partial charge in [0.1, 0.15) is 11.4 Å². The summed E-state index contributed by atoms with van der Waals surface area (Å²) in [7, 11) is 0. The molecule has 0 bridgehead atoms. The number of benzene rings is 1. The molecule has 1 aliphatic carbocycles. The number of hydrogen-bond donors (Lipinski definition) is 2. The average molecular weight is 420 g/mol. The molecule has 2 heterocycles. The van der Waals surface area contributed by atoms with E-state index >= 15 is 4.39 Å². The molecule has 0 spiro atoms. The van der Waals surface area contributed by atoms with Crippen LogP contribution in [0.4, 0.5) is 10.1 Å². The van der Waals surface area contributed by atoms with Crippen molar-refractivity contribution < 1.29 is 14.3 Å². The number of hydrogen-bond acceptors (Lipinski definition) is 4. The van der Waals surface area contributed by atoms with E-state index in [1.54, 1.807) is 13.0 Å². The molecule has 154 valence electrons. The molecule has 0 atom stereocenters. The van der Waals surface area contributed by atoms with E-state index < -0.39 is 17.2 Å². The third-order valence-corrected chi connectivity index (χ3v) is 6.26. The number of fused-ring (bicyclic) bond motifs is 1. The number of aromatic nitrogens is 1. The predicted octanol–water partition coefficient (Wildman–Crippen LogP) is 3.53. The summed E-state index contributed by atoms with van der Waals surface area (Å²) in [6, 6.07) is 1.82. The number of nitrogens with zero attached hydrogens (tertiary/aromatic N) is 2. The Balaban J connectivity index is 1.93. The molecule has 2 aromatic rings. The van der Waals surface area contributed by atoms with Gasteiger partial charge in [-0.1, -0.05) is 11.6 Å². The number of carboxylic acid groups (broad SMARTS) is 1. The van der Waals surface area contributed by atoms with Crippen LogP contribution in [0.3, 0.4) is 0 Å². The van der Waals surface area contributed by atoms with Gasteiger partial charge in [-0.3, -0.25) is 4.79 Å². The van der Waals surface area contributed by atoms with E-state index in [-0.39, 0.29) is 29.1 Å². The topological polar surface area (TPSA) is 88.6 Å². The largest absolute Gasteiger partial charge is 0.477 e. The van der Waals surface area contributed by atoms with Crippen LogP contribution >= 0.6 is 11.6 Å². The van der Waals surface area contributed by atoms with Crippen LogP contribution in [0.25, 0.3) is 10.9 Å². The number of piperidine rings is 1. The highest BCUT2D eigenvalue weighted by Crippen LogP contribution is 2.39. The van der Waals surface area contributed by atoms with Crippen LogP contribution in [0.2, 0.25) is 0 Å². The van der Waals surface area contributed by atoms with Crippen molar-refractivity contribution >= 4 is 34.2 Å². The van der Waals surface area contributed by atoms with Crippen molar-refractivity contribution in [2.45, 2.75) is 38.6 Å². The van der Waals surface area contributed by atoms with Gasteiger partial charge in [-0.25, -0.2) is 9.18 Å². The van der Waals surface area contributed by atoms with Gasteiger partial charge in [0.05, 0.1) is 16.6 Å². The minimum Gasteiger partial charge on any atom is -0.477 e. The van der Waals surface area contributed by atoms with E-state index in [4.69, 9.17) is 17.3 Å². The molecule has 2 fully saturated rings. The summed E-state index contributed by atoms with van der Waals surface area (Å²) in [5, 5.41) is 10.2. The Labute approximate surface area is 172 Å². The van der Waals surface area contributed by atoms with E-state index in [1.807, 2.05) is 9.47 Å². The second-order valence-electron chi connectivity index (χ2n) is 7.78. The Morgan fingerprint density at radius 2 is 2.14 bits per heavy atom. The van der Waals surface area contributed by atoms with Crippen molar-refractivity contribution in [3.63, 3.8) is 0 Å². The fourth-order valence-corrected chi connectivity index (χ4v) is 4.29. The molecule has 3 N–H and O–H groups in total. The van der Waals surface area contributed by atoms with Gasteiger partial charge in [0.15, 0.2) is 0 Å². The van der Waals surface area contributed by atoms with Crippen LogP contribution in [0, 0.1) is 12.7 Å². The Hall–Kier alpha value is -2.38. The highest BCUT2D eigenvalue weighted by Gasteiger charge is 2.29. The summed E-state index contributed by atoms with van der Waals surface area (Å²) in [4.78, 5) is 26.3. The highest BCUT2D eigenvalue weighted by molar-refractivity contribution is 6.30. The molecular formula is C21H23ClFN3O3. The van der Waals surface area contributed by atoms with Crippen molar-refractivity contribution in [1.82, 2.24) is 4.57 Å². The second kappa shape index (κ2) is 7.46. The molecule has 1 aromatic carbocycles. The van der Waals surface area contributed by atoms with Gasteiger partial charge < -0.3 is 20.3 Å². The number of anilines is 1. The third kappa shape index (κ3) is 3.42. The van der Waals surface area contributed by atoms with E-state index in [9.17, 15) is 14.7 Å². The lowest BCUT2D eigenvalue weighted by Gasteiger charge is -2.32. The van der Waals surface area contributed by atoms with Gasteiger partial charge in [-0.15, -0.1) is 0 Å². The number of halogens is 2. The van der Waals surface area contributed by atoms with Crippen LogP contribution in [-0.2, 0) is 0 Å².